The smallest absolute Gasteiger partial charge is 0.251 e. The lowest BCUT2D eigenvalue weighted by Gasteiger charge is -2.46. The van der Waals surface area contributed by atoms with Crippen LogP contribution in [0.15, 0.2) is 54.6 Å². The van der Waals surface area contributed by atoms with Crippen LogP contribution < -0.4 is 10.1 Å². The van der Waals surface area contributed by atoms with Crippen LogP contribution in [0.5, 0.6) is 5.88 Å². The third-order valence-corrected chi connectivity index (χ3v) is 12.8. The second kappa shape index (κ2) is 17.9. The Hall–Kier alpha value is -4.37. The van der Waals surface area contributed by atoms with Crippen LogP contribution in [0, 0.1) is 22.6 Å². The van der Waals surface area contributed by atoms with E-state index in [2.05, 4.69) is 55.5 Å². The average Bonchev–Trinajstić information content (AvgIpc) is 3.52. The number of nitrogens with one attached hydrogen (secondary N) is 1. The van der Waals surface area contributed by atoms with Crippen molar-refractivity contribution in [2.45, 2.75) is 142 Å². The molecule has 4 aromatic rings. The molecule has 0 radical (unpaired) electrons. The van der Waals surface area contributed by atoms with Crippen molar-refractivity contribution in [2.75, 3.05) is 26.3 Å². The minimum atomic E-state index is -0.445. The second-order valence-corrected chi connectivity index (χ2v) is 18.2. The van der Waals surface area contributed by atoms with Crippen LogP contribution in [-0.4, -0.2) is 68.9 Å². The van der Waals surface area contributed by atoms with Gasteiger partial charge in [-0.2, -0.15) is 5.26 Å². The third kappa shape index (κ3) is 10.3. The van der Waals surface area contributed by atoms with Crippen molar-refractivity contribution in [1.29, 1.82) is 5.26 Å². The predicted octanol–water partition coefficient (Wildman–Crippen LogP) is 9.24. The number of carbonyl (C=O) groups excluding carboxylic acids is 1. The van der Waals surface area contributed by atoms with Crippen LogP contribution in [0.2, 0.25) is 0 Å². The van der Waals surface area contributed by atoms with Crippen molar-refractivity contribution >= 4 is 16.9 Å². The van der Waals surface area contributed by atoms with E-state index in [0.29, 0.717) is 40.5 Å². The molecule has 1 spiro atoms. The van der Waals surface area contributed by atoms with Gasteiger partial charge in [0.25, 0.3) is 5.91 Å². The molecule has 3 aliphatic rings. The molecule has 1 amide bonds. The number of piperidine rings is 1. The minimum Gasteiger partial charge on any atom is -0.473 e. The van der Waals surface area contributed by atoms with Crippen LogP contribution in [0.4, 0.5) is 4.39 Å². The van der Waals surface area contributed by atoms with Crippen molar-refractivity contribution in [3.05, 3.63) is 88.6 Å². The first-order valence-corrected chi connectivity index (χ1v) is 21.4. The fourth-order valence-corrected chi connectivity index (χ4v) is 9.00. The first-order chi connectivity index (χ1) is 27.8. The molecule has 2 saturated heterocycles. The molecule has 0 bridgehead atoms. The van der Waals surface area contributed by atoms with Crippen molar-refractivity contribution < 1.29 is 23.4 Å². The van der Waals surface area contributed by atoms with E-state index in [1.165, 1.54) is 31.7 Å². The number of fused-ring (bicyclic) bond motifs is 1. The van der Waals surface area contributed by atoms with Gasteiger partial charge in [0.2, 0.25) is 5.88 Å². The van der Waals surface area contributed by atoms with Crippen molar-refractivity contribution in [3.63, 3.8) is 0 Å². The van der Waals surface area contributed by atoms with Crippen molar-refractivity contribution in [1.82, 2.24) is 24.8 Å². The van der Waals surface area contributed by atoms with E-state index in [1.807, 2.05) is 36.4 Å². The Morgan fingerprint density at radius 1 is 1.02 bits per heavy atom. The first kappa shape index (κ1) is 41.8. The molecular weight excluding hydrogens is 732 g/mol. The van der Waals surface area contributed by atoms with Gasteiger partial charge in [-0.25, -0.2) is 14.4 Å². The summed E-state index contributed by atoms with van der Waals surface area (Å²) in [5.41, 5.74) is 4.03. The molecule has 1 aliphatic carbocycles. The Kier molecular flexibility index (Phi) is 12.9. The molecule has 58 heavy (non-hydrogen) atoms. The fraction of sp³-hybridized carbons (Fsp3) is 0.574. The lowest BCUT2D eigenvalue weighted by atomic mass is 9.65. The van der Waals surface area contributed by atoms with E-state index in [0.717, 1.165) is 93.9 Å². The zero-order valence-corrected chi connectivity index (χ0v) is 35.1. The molecule has 2 aromatic heterocycles. The molecular formula is C47H61FN6O4. The molecule has 3 fully saturated rings. The molecule has 0 unspecified atom stereocenters. The van der Waals surface area contributed by atoms with Crippen LogP contribution >= 0.6 is 0 Å². The number of rotatable bonds is 16. The highest BCUT2D eigenvalue weighted by Crippen LogP contribution is 2.49. The largest absolute Gasteiger partial charge is 0.473 e. The number of carbonyl (C=O) groups is 1. The zero-order valence-electron chi connectivity index (χ0n) is 35.1. The number of aromatic nitrogens is 3. The lowest BCUT2D eigenvalue weighted by Crippen LogP contribution is -2.44. The first-order valence-electron chi connectivity index (χ1n) is 21.4. The number of nitrogens with zero attached hydrogens (tertiary/aromatic N) is 5. The van der Waals surface area contributed by atoms with E-state index in [-0.39, 0.29) is 24.2 Å². The van der Waals surface area contributed by atoms with Crippen LogP contribution in [-0.2, 0) is 29.2 Å². The van der Waals surface area contributed by atoms with Crippen LogP contribution in [0.25, 0.3) is 11.0 Å². The number of ether oxygens (including phenoxy) is 3. The van der Waals surface area contributed by atoms with Gasteiger partial charge in [-0.15, -0.1) is 0 Å². The molecule has 310 valence electrons. The summed E-state index contributed by atoms with van der Waals surface area (Å²) < 4.78 is 34.7. The number of halogens is 1. The maximum atomic E-state index is 14.4. The second-order valence-electron chi connectivity index (χ2n) is 18.2. The van der Waals surface area contributed by atoms with Gasteiger partial charge in [-0.05, 0) is 140 Å². The molecule has 1 N–H and O–H groups in total. The molecule has 1 atom stereocenters. The number of nitriles is 1. The fourth-order valence-electron chi connectivity index (χ4n) is 9.00. The van der Waals surface area contributed by atoms with E-state index in [4.69, 9.17) is 29.4 Å². The predicted molar refractivity (Wildman–Crippen MR) is 223 cm³/mol. The number of amides is 1. The quantitative estimate of drug-likeness (QED) is 0.120. The Bertz CT molecular complexity index is 2080. The topological polar surface area (TPSA) is 115 Å². The number of pyridine rings is 1. The summed E-state index contributed by atoms with van der Waals surface area (Å²) in [6.45, 7) is 15.6. The van der Waals surface area contributed by atoms with E-state index >= 15 is 0 Å². The Labute approximate surface area is 343 Å². The normalized spacial score (nSPS) is 18.9. The number of hydrogen-bond donors (Lipinski definition) is 1. The van der Waals surface area contributed by atoms with Gasteiger partial charge in [0.05, 0.1) is 47.5 Å². The Morgan fingerprint density at radius 2 is 1.79 bits per heavy atom. The Morgan fingerprint density at radius 3 is 2.48 bits per heavy atom. The van der Waals surface area contributed by atoms with Gasteiger partial charge >= 0.3 is 0 Å². The summed E-state index contributed by atoms with van der Waals surface area (Å²) in [6, 6.07) is 18.2. The lowest BCUT2D eigenvalue weighted by molar-refractivity contribution is -0.0593. The molecule has 7 rings (SSSR count). The zero-order chi connectivity index (χ0) is 40.9. The van der Waals surface area contributed by atoms with E-state index in [1.54, 1.807) is 12.1 Å². The maximum absolute atomic E-state index is 14.4. The SMILES string of the molecule is CCCC(C)(C)OCCC(C)(C)NC(=O)c1ccc2nc(CN3CCC4(CCC(c5cccc(OCc6ccc(C#N)cc6F)n5)CC4)CC3)n(C[C@@H]3CCO3)c2c1. The highest BCUT2D eigenvalue weighted by atomic mass is 19.1. The Balaban J connectivity index is 0.941. The van der Waals surface area contributed by atoms with Crippen molar-refractivity contribution in [2.24, 2.45) is 5.41 Å². The molecule has 2 aliphatic heterocycles. The van der Waals surface area contributed by atoms with Crippen molar-refractivity contribution in [3.8, 4) is 11.9 Å². The van der Waals surface area contributed by atoms with Gasteiger partial charge < -0.3 is 24.1 Å². The monoisotopic (exact) mass is 792 g/mol. The summed E-state index contributed by atoms with van der Waals surface area (Å²) in [7, 11) is 0. The molecule has 11 heteroatoms. The highest BCUT2D eigenvalue weighted by Gasteiger charge is 2.39. The summed E-state index contributed by atoms with van der Waals surface area (Å²) >= 11 is 0. The minimum absolute atomic E-state index is 0.0638. The standard InChI is InChI=1S/C47H61FN6O4/c1-6-17-46(4,5)58-26-22-45(2,3)52-44(55)35-12-13-40-41(28-35)54(30-37-16-25-56-37)42(50-40)31-53-23-20-47(21-24-53)18-14-34(15-19-47)39-8-7-9-43(51-39)57-32-36-11-10-33(29-49)27-38(36)48/h7-13,27-28,34,37H,6,14-26,30-32H2,1-5H3,(H,52,55)/t37-/m0/s1. The summed E-state index contributed by atoms with van der Waals surface area (Å²) in [5.74, 6) is 1.38. The molecule has 4 heterocycles. The third-order valence-electron chi connectivity index (χ3n) is 12.8. The van der Waals surface area contributed by atoms with E-state index < -0.39 is 11.4 Å². The number of likely N-dealkylation sites (tertiary alicyclic amines) is 1. The summed E-state index contributed by atoms with van der Waals surface area (Å²) in [6.07, 6.45) is 10.9. The van der Waals surface area contributed by atoms with Crippen LogP contribution in [0.3, 0.4) is 0 Å². The van der Waals surface area contributed by atoms with E-state index in [9.17, 15) is 9.18 Å². The molecule has 1 saturated carbocycles. The van der Waals surface area contributed by atoms with Crippen LogP contribution in [0.1, 0.15) is 138 Å². The summed E-state index contributed by atoms with van der Waals surface area (Å²) in [4.78, 5) is 26.1. The molecule has 10 nitrogen and oxygen atoms in total. The highest BCUT2D eigenvalue weighted by molar-refractivity contribution is 5.97. The number of imidazole rings is 1. The maximum Gasteiger partial charge on any atom is 0.251 e. The number of hydrogen-bond acceptors (Lipinski definition) is 8. The molecule has 2 aromatic carbocycles. The summed E-state index contributed by atoms with van der Waals surface area (Å²) in [5, 5.41) is 12.3. The van der Waals surface area contributed by atoms with Gasteiger partial charge in [0.15, 0.2) is 0 Å². The number of benzene rings is 2. The van der Waals surface area contributed by atoms with Gasteiger partial charge in [-0.3, -0.25) is 9.69 Å². The van der Waals surface area contributed by atoms with Gasteiger partial charge in [0.1, 0.15) is 18.2 Å². The van der Waals surface area contributed by atoms with Gasteiger partial charge in [0, 0.05) is 47.6 Å². The average molecular weight is 793 g/mol. The van der Waals surface area contributed by atoms with Gasteiger partial charge in [-0.1, -0.05) is 25.5 Å².